The van der Waals surface area contributed by atoms with Gasteiger partial charge in [0.2, 0.25) is 0 Å². The minimum Gasteiger partial charge on any atom is -0.332 e. The Balaban J connectivity index is 2.24. The van der Waals surface area contributed by atoms with Crippen LogP contribution in [-0.2, 0) is 6.18 Å². The number of hydrogen-bond donors (Lipinski definition) is 2. The molecule has 1 aliphatic heterocycles. The molecule has 0 aliphatic carbocycles. The third kappa shape index (κ3) is 3.10. The molecule has 1 fully saturated rings. The van der Waals surface area contributed by atoms with Crippen LogP contribution in [0.3, 0.4) is 0 Å². The van der Waals surface area contributed by atoms with Gasteiger partial charge in [0.25, 0.3) is 5.91 Å². The highest BCUT2D eigenvalue weighted by Crippen LogP contribution is 2.29. The van der Waals surface area contributed by atoms with Crippen LogP contribution in [0.25, 0.3) is 0 Å². The summed E-state index contributed by atoms with van der Waals surface area (Å²) in [6, 6.07) is 4.29. The van der Waals surface area contributed by atoms with Gasteiger partial charge < -0.3 is 16.0 Å². The number of halogens is 3. The van der Waals surface area contributed by atoms with Crippen LogP contribution >= 0.6 is 0 Å². The van der Waals surface area contributed by atoms with Crippen molar-refractivity contribution in [2.24, 2.45) is 5.73 Å². The minimum absolute atomic E-state index is 0.0418. The summed E-state index contributed by atoms with van der Waals surface area (Å²) in [6.45, 7) is 1.89. The maximum atomic E-state index is 12.7. The molecule has 20 heavy (non-hydrogen) atoms. The third-order valence-corrected chi connectivity index (χ3v) is 3.32. The zero-order chi connectivity index (χ0) is 14.8. The number of carbonyl (C=O) groups is 1. The zero-order valence-corrected chi connectivity index (χ0v) is 10.8. The van der Waals surface area contributed by atoms with Gasteiger partial charge >= 0.3 is 6.18 Å². The van der Waals surface area contributed by atoms with E-state index in [4.69, 9.17) is 5.73 Å². The Morgan fingerprint density at radius 2 is 2.20 bits per heavy atom. The topological polar surface area (TPSA) is 58.4 Å². The van der Waals surface area contributed by atoms with E-state index in [9.17, 15) is 18.0 Å². The van der Waals surface area contributed by atoms with Crippen LogP contribution in [0.1, 0.15) is 15.9 Å². The molecule has 1 aromatic carbocycles. The molecule has 1 aromatic rings. The molecule has 0 bridgehead atoms. The second-order valence-electron chi connectivity index (χ2n) is 4.67. The third-order valence-electron chi connectivity index (χ3n) is 3.32. The van der Waals surface area contributed by atoms with Crippen LogP contribution in [0.2, 0.25) is 0 Å². The zero-order valence-electron chi connectivity index (χ0n) is 10.8. The smallest absolute Gasteiger partial charge is 0.332 e. The van der Waals surface area contributed by atoms with Crippen LogP contribution in [0.15, 0.2) is 24.3 Å². The van der Waals surface area contributed by atoms with Gasteiger partial charge in [-0.1, -0.05) is 6.07 Å². The van der Waals surface area contributed by atoms with Gasteiger partial charge in [0.1, 0.15) is 0 Å². The molecule has 1 amide bonds. The fourth-order valence-electron chi connectivity index (χ4n) is 2.23. The summed E-state index contributed by atoms with van der Waals surface area (Å²) in [6.07, 6.45) is -4.45. The summed E-state index contributed by atoms with van der Waals surface area (Å²) in [5, 5.41) is 3.10. The van der Waals surface area contributed by atoms with E-state index in [0.717, 1.165) is 12.1 Å². The quantitative estimate of drug-likeness (QED) is 0.855. The van der Waals surface area contributed by atoms with Crippen molar-refractivity contribution in [3.63, 3.8) is 0 Å². The number of nitrogens with two attached hydrogens (primary N) is 1. The van der Waals surface area contributed by atoms with Gasteiger partial charge in [-0.25, -0.2) is 0 Å². The lowest BCUT2D eigenvalue weighted by Crippen LogP contribution is -2.56. The highest BCUT2D eigenvalue weighted by molar-refractivity contribution is 5.94. The maximum Gasteiger partial charge on any atom is 0.416 e. The second-order valence-corrected chi connectivity index (χ2v) is 4.67. The second kappa shape index (κ2) is 5.80. The molecule has 110 valence electrons. The molecule has 0 saturated carbocycles. The number of hydrogen-bond acceptors (Lipinski definition) is 3. The van der Waals surface area contributed by atoms with Crippen molar-refractivity contribution < 1.29 is 18.0 Å². The first kappa shape index (κ1) is 14.8. The van der Waals surface area contributed by atoms with Crippen LogP contribution in [0.4, 0.5) is 13.2 Å². The van der Waals surface area contributed by atoms with E-state index in [1.54, 1.807) is 0 Å². The Kier molecular flexibility index (Phi) is 4.29. The molecular weight excluding hydrogens is 271 g/mol. The van der Waals surface area contributed by atoms with E-state index in [1.807, 2.05) is 0 Å². The van der Waals surface area contributed by atoms with Crippen molar-refractivity contribution in [2.45, 2.75) is 12.2 Å². The number of nitrogens with zero attached hydrogens (tertiary/aromatic N) is 1. The van der Waals surface area contributed by atoms with E-state index in [0.29, 0.717) is 19.6 Å². The number of piperazine rings is 1. The highest BCUT2D eigenvalue weighted by Gasteiger charge is 2.32. The standard InChI is InChI=1S/C13H16F3N3O/c14-13(15,16)10-3-1-2-9(6-10)12(20)19-5-4-18-8-11(19)7-17/h1-3,6,11,18H,4-5,7-8,17H2. The molecule has 1 saturated heterocycles. The van der Waals surface area contributed by atoms with Gasteiger partial charge in [0.15, 0.2) is 0 Å². The average molecular weight is 287 g/mol. The Hall–Kier alpha value is -1.60. The number of amides is 1. The monoisotopic (exact) mass is 287 g/mol. The Morgan fingerprint density at radius 3 is 2.85 bits per heavy atom. The summed E-state index contributed by atoms with van der Waals surface area (Å²) in [7, 11) is 0. The van der Waals surface area contributed by atoms with Crippen molar-refractivity contribution in [1.29, 1.82) is 0 Å². The van der Waals surface area contributed by atoms with Crippen LogP contribution < -0.4 is 11.1 Å². The Labute approximate surface area is 114 Å². The van der Waals surface area contributed by atoms with Crippen molar-refractivity contribution in [3.8, 4) is 0 Å². The Morgan fingerprint density at radius 1 is 1.45 bits per heavy atom. The van der Waals surface area contributed by atoms with Gasteiger partial charge in [-0.05, 0) is 18.2 Å². The lowest BCUT2D eigenvalue weighted by atomic mass is 10.1. The highest BCUT2D eigenvalue weighted by atomic mass is 19.4. The molecule has 1 heterocycles. The van der Waals surface area contributed by atoms with Crippen molar-refractivity contribution in [3.05, 3.63) is 35.4 Å². The molecular formula is C13H16F3N3O. The van der Waals surface area contributed by atoms with Gasteiger partial charge in [-0.3, -0.25) is 4.79 Å². The summed E-state index contributed by atoms with van der Waals surface area (Å²) in [5.41, 5.74) is 4.82. The first-order valence-electron chi connectivity index (χ1n) is 6.32. The summed E-state index contributed by atoms with van der Waals surface area (Å²) in [4.78, 5) is 13.9. The number of carbonyl (C=O) groups excluding carboxylic acids is 1. The number of benzene rings is 1. The summed E-state index contributed by atoms with van der Waals surface area (Å²) >= 11 is 0. The van der Waals surface area contributed by atoms with Crippen molar-refractivity contribution in [2.75, 3.05) is 26.2 Å². The van der Waals surface area contributed by atoms with Crippen LogP contribution in [-0.4, -0.2) is 43.0 Å². The maximum absolute atomic E-state index is 12.7. The predicted octanol–water partition coefficient (Wildman–Crippen LogP) is 1.08. The van der Waals surface area contributed by atoms with E-state index < -0.39 is 17.6 Å². The first-order chi connectivity index (χ1) is 9.43. The average Bonchev–Trinajstić information content (AvgIpc) is 2.45. The lowest BCUT2D eigenvalue weighted by molar-refractivity contribution is -0.137. The SMILES string of the molecule is NCC1CNCCN1C(=O)c1cccc(C(F)(F)F)c1. The molecule has 1 aliphatic rings. The molecule has 0 radical (unpaired) electrons. The molecule has 7 heteroatoms. The van der Waals surface area contributed by atoms with E-state index in [1.165, 1.54) is 17.0 Å². The van der Waals surface area contributed by atoms with Crippen molar-refractivity contribution in [1.82, 2.24) is 10.2 Å². The summed E-state index contributed by atoms with van der Waals surface area (Å²) < 4.78 is 38.0. The molecule has 4 nitrogen and oxygen atoms in total. The van der Waals surface area contributed by atoms with Gasteiger partial charge in [0.05, 0.1) is 11.6 Å². The van der Waals surface area contributed by atoms with Gasteiger partial charge in [0, 0.05) is 31.7 Å². The van der Waals surface area contributed by atoms with E-state index >= 15 is 0 Å². The van der Waals surface area contributed by atoms with Crippen LogP contribution in [0.5, 0.6) is 0 Å². The molecule has 3 N–H and O–H groups in total. The normalized spacial score (nSPS) is 20.0. The van der Waals surface area contributed by atoms with Gasteiger partial charge in [-0.2, -0.15) is 13.2 Å². The minimum atomic E-state index is -4.45. The lowest BCUT2D eigenvalue weighted by Gasteiger charge is -2.35. The fourth-order valence-corrected chi connectivity index (χ4v) is 2.23. The molecule has 2 rings (SSSR count). The molecule has 1 unspecified atom stereocenters. The van der Waals surface area contributed by atoms with E-state index in [-0.39, 0.29) is 18.2 Å². The number of alkyl halides is 3. The van der Waals surface area contributed by atoms with Crippen LogP contribution in [0, 0.1) is 0 Å². The molecule has 1 atom stereocenters. The van der Waals surface area contributed by atoms with Crippen molar-refractivity contribution >= 4 is 5.91 Å². The fraction of sp³-hybridized carbons (Fsp3) is 0.462. The Bertz CT molecular complexity index is 490. The summed E-state index contributed by atoms with van der Waals surface area (Å²) in [5.74, 6) is -0.409. The number of nitrogens with one attached hydrogen (secondary N) is 1. The predicted molar refractivity (Wildman–Crippen MR) is 68.2 cm³/mol. The first-order valence-corrected chi connectivity index (χ1v) is 6.32. The van der Waals surface area contributed by atoms with E-state index in [2.05, 4.69) is 5.32 Å². The molecule has 0 aromatic heterocycles. The molecule has 0 spiro atoms. The van der Waals surface area contributed by atoms with Gasteiger partial charge in [-0.15, -0.1) is 0 Å². The number of rotatable bonds is 2. The largest absolute Gasteiger partial charge is 0.416 e.